The molecule has 180 valence electrons. The number of anilines is 1. The Hall–Kier alpha value is -3.58. The number of thioether (sulfide) groups is 1. The lowest BCUT2D eigenvalue weighted by Gasteiger charge is -2.13. The fourth-order valence-electron chi connectivity index (χ4n) is 4.11. The second-order valence-electron chi connectivity index (χ2n) is 8.55. The number of hydrogen-bond donors (Lipinski definition) is 1. The molecule has 0 saturated heterocycles. The number of benzene rings is 3. The van der Waals surface area contributed by atoms with Gasteiger partial charge in [0.1, 0.15) is 5.75 Å². The first-order valence-corrected chi connectivity index (χ1v) is 12.6. The van der Waals surface area contributed by atoms with Gasteiger partial charge in [0, 0.05) is 16.9 Å². The summed E-state index contributed by atoms with van der Waals surface area (Å²) in [6, 6.07) is 20.1. The summed E-state index contributed by atoms with van der Waals surface area (Å²) in [6.07, 6.45) is 0. The zero-order chi connectivity index (χ0) is 24.9. The lowest BCUT2D eigenvalue weighted by atomic mass is 10.1. The van der Waals surface area contributed by atoms with Crippen molar-refractivity contribution in [3.05, 3.63) is 82.9 Å². The molecular formula is C28H30N4O2S. The molecule has 0 fully saturated rings. The maximum Gasteiger partial charge on any atom is 0.234 e. The van der Waals surface area contributed by atoms with Crippen LogP contribution in [0.15, 0.2) is 65.8 Å². The summed E-state index contributed by atoms with van der Waals surface area (Å²) in [5, 5.41) is 12.7. The van der Waals surface area contributed by atoms with Crippen LogP contribution in [0, 0.1) is 27.7 Å². The fraction of sp³-hybridized carbons (Fsp3) is 0.250. The number of amides is 1. The molecule has 0 aliphatic heterocycles. The molecule has 3 aromatic carbocycles. The van der Waals surface area contributed by atoms with Gasteiger partial charge >= 0.3 is 0 Å². The highest BCUT2D eigenvalue weighted by Crippen LogP contribution is 2.30. The van der Waals surface area contributed by atoms with Crippen molar-refractivity contribution >= 4 is 23.4 Å². The Bertz CT molecular complexity index is 1320. The van der Waals surface area contributed by atoms with Crippen LogP contribution in [0.5, 0.6) is 5.75 Å². The van der Waals surface area contributed by atoms with Crippen molar-refractivity contribution < 1.29 is 9.53 Å². The Kier molecular flexibility index (Phi) is 7.56. The molecule has 1 amide bonds. The third kappa shape index (κ3) is 5.74. The standard InChI is InChI=1S/C28H30N4O2S/c1-6-34-24-12-10-23(11-13-24)32-27(22-9-7-8-18(2)16-22)30-31-28(32)35-17-25(33)29-26-20(4)14-19(3)15-21(26)5/h7-16H,6,17H2,1-5H3,(H,29,33). The number of aryl methyl sites for hydroxylation is 4. The van der Waals surface area contributed by atoms with Crippen molar-refractivity contribution in [1.82, 2.24) is 14.8 Å². The number of aromatic nitrogens is 3. The SMILES string of the molecule is CCOc1ccc(-n2c(SCC(=O)Nc3c(C)cc(C)cc3C)nnc2-c2cccc(C)c2)cc1. The first kappa shape index (κ1) is 24.5. The molecule has 35 heavy (non-hydrogen) atoms. The Morgan fingerprint density at radius 3 is 2.31 bits per heavy atom. The third-order valence-electron chi connectivity index (χ3n) is 5.59. The van der Waals surface area contributed by atoms with E-state index in [1.54, 1.807) is 0 Å². The Morgan fingerprint density at radius 1 is 0.943 bits per heavy atom. The van der Waals surface area contributed by atoms with Crippen LogP contribution in [-0.2, 0) is 4.79 Å². The normalized spacial score (nSPS) is 10.9. The van der Waals surface area contributed by atoms with E-state index in [0.717, 1.165) is 45.2 Å². The largest absolute Gasteiger partial charge is 0.494 e. The average molecular weight is 487 g/mol. The average Bonchev–Trinajstić information content (AvgIpc) is 3.25. The molecule has 0 atom stereocenters. The van der Waals surface area contributed by atoms with E-state index in [2.05, 4.69) is 53.6 Å². The van der Waals surface area contributed by atoms with Gasteiger partial charge in [-0.2, -0.15) is 0 Å². The van der Waals surface area contributed by atoms with Crippen molar-refractivity contribution in [3.8, 4) is 22.8 Å². The number of hydrogen-bond acceptors (Lipinski definition) is 5. The first-order valence-electron chi connectivity index (χ1n) is 11.6. The number of nitrogens with zero attached hydrogens (tertiary/aromatic N) is 3. The van der Waals surface area contributed by atoms with E-state index in [9.17, 15) is 4.79 Å². The maximum atomic E-state index is 12.9. The molecule has 7 heteroatoms. The number of rotatable bonds is 8. The molecule has 0 aliphatic rings. The summed E-state index contributed by atoms with van der Waals surface area (Å²) >= 11 is 1.36. The van der Waals surface area contributed by atoms with Gasteiger partial charge in [-0.1, -0.05) is 53.2 Å². The first-order chi connectivity index (χ1) is 16.9. The minimum absolute atomic E-state index is 0.0802. The van der Waals surface area contributed by atoms with Gasteiger partial charge in [-0.3, -0.25) is 9.36 Å². The van der Waals surface area contributed by atoms with Gasteiger partial charge in [-0.05, 0) is 76.1 Å². The van der Waals surface area contributed by atoms with E-state index < -0.39 is 0 Å². The van der Waals surface area contributed by atoms with Crippen LogP contribution in [-0.4, -0.2) is 33.0 Å². The van der Waals surface area contributed by atoms with E-state index in [1.165, 1.54) is 17.3 Å². The van der Waals surface area contributed by atoms with Gasteiger partial charge in [0.2, 0.25) is 5.91 Å². The van der Waals surface area contributed by atoms with Crippen molar-refractivity contribution in [2.24, 2.45) is 0 Å². The van der Waals surface area contributed by atoms with Crippen LogP contribution in [0.1, 0.15) is 29.2 Å². The van der Waals surface area contributed by atoms with E-state index >= 15 is 0 Å². The zero-order valence-corrected chi connectivity index (χ0v) is 21.6. The van der Waals surface area contributed by atoms with Crippen molar-refractivity contribution in [3.63, 3.8) is 0 Å². The summed E-state index contributed by atoms with van der Waals surface area (Å²) in [7, 11) is 0. The molecule has 6 nitrogen and oxygen atoms in total. The molecule has 0 bridgehead atoms. The summed E-state index contributed by atoms with van der Waals surface area (Å²) in [6.45, 7) is 10.7. The molecule has 0 radical (unpaired) electrons. The quantitative estimate of drug-likeness (QED) is 0.296. The highest BCUT2D eigenvalue weighted by Gasteiger charge is 2.18. The fourth-order valence-corrected chi connectivity index (χ4v) is 4.86. The topological polar surface area (TPSA) is 69.0 Å². The van der Waals surface area contributed by atoms with Crippen molar-refractivity contribution in [1.29, 1.82) is 0 Å². The monoisotopic (exact) mass is 486 g/mol. The predicted molar refractivity (Wildman–Crippen MR) is 143 cm³/mol. The second-order valence-corrected chi connectivity index (χ2v) is 9.49. The molecule has 0 spiro atoms. The third-order valence-corrected chi connectivity index (χ3v) is 6.52. The second kappa shape index (κ2) is 10.8. The minimum atomic E-state index is -0.0802. The number of carbonyl (C=O) groups excluding carboxylic acids is 1. The molecule has 0 aliphatic carbocycles. The van der Waals surface area contributed by atoms with Crippen LogP contribution in [0.2, 0.25) is 0 Å². The molecule has 0 saturated carbocycles. The summed E-state index contributed by atoms with van der Waals surface area (Å²) in [5.41, 5.74) is 7.17. The Labute approximate surface area is 210 Å². The smallest absolute Gasteiger partial charge is 0.234 e. The van der Waals surface area contributed by atoms with E-state index in [0.29, 0.717) is 11.8 Å². The van der Waals surface area contributed by atoms with Crippen LogP contribution in [0.25, 0.3) is 17.1 Å². The van der Waals surface area contributed by atoms with Gasteiger partial charge in [0.05, 0.1) is 12.4 Å². The van der Waals surface area contributed by atoms with Gasteiger partial charge in [0.25, 0.3) is 0 Å². The molecule has 0 unspecified atom stereocenters. The molecule has 1 heterocycles. The van der Waals surface area contributed by atoms with Gasteiger partial charge in [0.15, 0.2) is 11.0 Å². The molecule has 1 aromatic heterocycles. The number of nitrogens with one attached hydrogen (secondary N) is 1. The van der Waals surface area contributed by atoms with Crippen LogP contribution >= 0.6 is 11.8 Å². The lowest BCUT2D eigenvalue weighted by molar-refractivity contribution is -0.113. The van der Waals surface area contributed by atoms with Crippen molar-refractivity contribution in [2.75, 3.05) is 17.7 Å². The van der Waals surface area contributed by atoms with Crippen LogP contribution in [0.4, 0.5) is 5.69 Å². The minimum Gasteiger partial charge on any atom is -0.494 e. The van der Waals surface area contributed by atoms with E-state index in [-0.39, 0.29) is 11.7 Å². The molecule has 4 rings (SSSR count). The summed E-state index contributed by atoms with van der Waals surface area (Å²) < 4.78 is 7.59. The number of carbonyl (C=O) groups is 1. The van der Waals surface area contributed by atoms with E-state index in [4.69, 9.17) is 4.74 Å². The summed E-state index contributed by atoms with van der Waals surface area (Å²) in [5.74, 6) is 1.67. The molecular weight excluding hydrogens is 456 g/mol. The van der Waals surface area contributed by atoms with Gasteiger partial charge in [-0.15, -0.1) is 10.2 Å². The predicted octanol–water partition coefficient (Wildman–Crippen LogP) is 6.30. The highest BCUT2D eigenvalue weighted by atomic mass is 32.2. The van der Waals surface area contributed by atoms with E-state index in [1.807, 2.05) is 61.7 Å². The van der Waals surface area contributed by atoms with Crippen LogP contribution in [0.3, 0.4) is 0 Å². The zero-order valence-electron chi connectivity index (χ0n) is 20.8. The summed E-state index contributed by atoms with van der Waals surface area (Å²) in [4.78, 5) is 12.9. The Morgan fingerprint density at radius 2 is 1.66 bits per heavy atom. The van der Waals surface area contributed by atoms with Gasteiger partial charge < -0.3 is 10.1 Å². The molecule has 4 aromatic rings. The Balaban J connectivity index is 1.61. The van der Waals surface area contributed by atoms with Crippen LogP contribution < -0.4 is 10.1 Å². The maximum absolute atomic E-state index is 12.9. The highest BCUT2D eigenvalue weighted by molar-refractivity contribution is 7.99. The molecule has 1 N–H and O–H groups in total. The van der Waals surface area contributed by atoms with Crippen molar-refractivity contribution in [2.45, 2.75) is 39.8 Å². The lowest BCUT2D eigenvalue weighted by Crippen LogP contribution is -2.16. The van der Waals surface area contributed by atoms with Gasteiger partial charge in [-0.25, -0.2) is 0 Å². The number of ether oxygens (including phenoxy) is 1.